The minimum Gasteiger partial charge on any atom is -0.299 e. The fraction of sp³-hybridized carbons (Fsp3) is 0.500. The first-order chi connectivity index (χ1) is 7.67. The summed E-state index contributed by atoms with van der Waals surface area (Å²) in [5.74, 6) is -0.353. The van der Waals surface area contributed by atoms with Gasteiger partial charge in [-0.1, -0.05) is 40.5 Å². The summed E-state index contributed by atoms with van der Waals surface area (Å²) in [6.07, 6.45) is 1.11. The van der Waals surface area contributed by atoms with Crippen LogP contribution in [0.2, 0.25) is 5.02 Å². The highest BCUT2D eigenvalue weighted by molar-refractivity contribution is 9.09. The van der Waals surface area contributed by atoms with E-state index in [1.807, 2.05) is 0 Å². The third kappa shape index (κ3) is 4.40. The molecule has 0 saturated heterocycles. The average molecular weight is 309 g/mol. The number of halogens is 3. The Balaban J connectivity index is 2.59. The molecule has 90 valence electrons. The molecule has 4 heteroatoms. The van der Waals surface area contributed by atoms with Crippen LogP contribution >= 0.6 is 27.5 Å². The zero-order valence-electron chi connectivity index (χ0n) is 9.35. The van der Waals surface area contributed by atoms with Crippen molar-refractivity contribution >= 4 is 27.5 Å². The van der Waals surface area contributed by atoms with Crippen LogP contribution in [0.5, 0.6) is 0 Å². The summed E-state index contributed by atoms with van der Waals surface area (Å²) in [4.78, 5) is 2.31. The van der Waals surface area contributed by atoms with Crippen LogP contribution in [0.15, 0.2) is 18.2 Å². The van der Waals surface area contributed by atoms with Crippen LogP contribution in [-0.2, 0) is 6.54 Å². The standard InChI is InChI=1S/C12H16BrClFN/c1-2-16(7-3-6-13)9-10-4-5-12(15)11(14)8-10/h4-5,8H,2-3,6-7,9H2,1H3. The van der Waals surface area contributed by atoms with Gasteiger partial charge >= 0.3 is 0 Å². The lowest BCUT2D eigenvalue weighted by Gasteiger charge is -2.20. The van der Waals surface area contributed by atoms with Crippen LogP contribution in [0, 0.1) is 5.82 Å². The third-order valence-electron chi connectivity index (χ3n) is 2.45. The molecule has 0 atom stereocenters. The van der Waals surface area contributed by atoms with Crippen LogP contribution < -0.4 is 0 Å². The maximum atomic E-state index is 13.0. The second kappa shape index (κ2) is 7.25. The fourth-order valence-electron chi connectivity index (χ4n) is 1.53. The Morgan fingerprint density at radius 2 is 2.19 bits per heavy atom. The zero-order chi connectivity index (χ0) is 12.0. The molecule has 0 amide bonds. The van der Waals surface area contributed by atoms with E-state index in [1.165, 1.54) is 6.07 Å². The first-order valence-corrected chi connectivity index (χ1v) is 6.89. The topological polar surface area (TPSA) is 3.24 Å². The maximum absolute atomic E-state index is 13.0. The van der Waals surface area contributed by atoms with Crippen molar-refractivity contribution < 1.29 is 4.39 Å². The van der Waals surface area contributed by atoms with Gasteiger partial charge in [-0.15, -0.1) is 0 Å². The summed E-state index contributed by atoms with van der Waals surface area (Å²) in [7, 11) is 0. The summed E-state index contributed by atoms with van der Waals surface area (Å²) >= 11 is 9.16. The van der Waals surface area contributed by atoms with Gasteiger partial charge in [0.15, 0.2) is 0 Å². The zero-order valence-corrected chi connectivity index (χ0v) is 11.7. The highest BCUT2D eigenvalue weighted by atomic mass is 79.9. The third-order valence-corrected chi connectivity index (χ3v) is 3.30. The minimum absolute atomic E-state index is 0.203. The molecule has 1 aromatic carbocycles. The molecule has 1 nitrogen and oxygen atoms in total. The summed E-state index contributed by atoms with van der Waals surface area (Å²) in [6.45, 7) is 4.97. The Kier molecular flexibility index (Phi) is 6.32. The molecular weight excluding hydrogens is 292 g/mol. The van der Waals surface area contributed by atoms with Crippen molar-refractivity contribution in [2.45, 2.75) is 19.9 Å². The van der Waals surface area contributed by atoms with Gasteiger partial charge in [0.05, 0.1) is 5.02 Å². The number of hydrogen-bond acceptors (Lipinski definition) is 1. The Bertz CT molecular complexity index is 333. The van der Waals surface area contributed by atoms with Crippen molar-refractivity contribution in [3.63, 3.8) is 0 Å². The van der Waals surface area contributed by atoms with E-state index in [-0.39, 0.29) is 10.8 Å². The van der Waals surface area contributed by atoms with Crippen molar-refractivity contribution in [1.29, 1.82) is 0 Å². The predicted molar refractivity (Wildman–Crippen MR) is 70.8 cm³/mol. The number of hydrogen-bond donors (Lipinski definition) is 0. The van der Waals surface area contributed by atoms with Gasteiger partial charge in [-0.2, -0.15) is 0 Å². The van der Waals surface area contributed by atoms with Gasteiger partial charge in [0, 0.05) is 11.9 Å². The van der Waals surface area contributed by atoms with Crippen LogP contribution in [0.3, 0.4) is 0 Å². The molecule has 1 rings (SSSR count). The van der Waals surface area contributed by atoms with Crippen LogP contribution in [0.4, 0.5) is 4.39 Å². The van der Waals surface area contributed by atoms with E-state index in [0.717, 1.165) is 36.9 Å². The first kappa shape index (κ1) is 13.9. The normalized spacial score (nSPS) is 11.1. The Labute approximate surface area is 110 Å². The monoisotopic (exact) mass is 307 g/mol. The van der Waals surface area contributed by atoms with Crippen LogP contribution in [-0.4, -0.2) is 23.3 Å². The fourth-order valence-corrected chi connectivity index (χ4v) is 1.98. The van der Waals surface area contributed by atoms with E-state index < -0.39 is 0 Å². The van der Waals surface area contributed by atoms with Crippen molar-refractivity contribution in [2.24, 2.45) is 0 Å². The van der Waals surface area contributed by atoms with Gasteiger partial charge in [0.2, 0.25) is 0 Å². The molecular formula is C12H16BrClFN. The van der Waals surface area contributed by atoms with E-state index >= 15 is 0 Å². The Morgan fingerprint density at radius 3 is 2.75 bits per heavy atom. The molecule has 0 aromatic heterocycles. The van der Waals surface area contributed by atoms with Crippen molar-refractivity contribution in [2.75, 3.05) is 18.4 Å². The number of benzene rings is 1. The van der Waals surface area contributed by atoms with Gasteiger partial charge in [-0.3, -0.25) is 4.90 Å². The van der Waals surface area contributed by atoms with Crippen LogP contribution in [0.1, 0.15) is 18.9 Å². The Hall–Kier alpha value is -0.120. The van der Waals surface area contributed by atoms with Gasteiger partial charge in [-0.25, -0.2) is 4.39 Å². The van der Waals surface area contributed by atoms with E-state index in [9.17, 15) is 4.39 Å². The molecule has 0 saturated carbocycles. The molecule has 0 N–H and O–H groups in total. The van der Waals surface area contributed by atoms with Crippen molar-refractivity contribution in [1.82, 2.24) is 4.90 Å². The molecule has 0 spiro atoms. The molecule has 0 heterocycles. The van der Waals surface area contributed by atoms with E-state index in [2.05, 4.69) is 27.8 Å². The smallest absolute Gasteiger partial charge is 0.141 e. The molecule has 16 heavy (non-hydrogen) atoms. The van der Waals surface area contributed by atoms with Crippen LogP contribution in [0.25, 0.3) is 0 Å². The summed E-state index contributed by atoms with van der Waals surface area (Å²) < 4.78 is 13.0. The largest absolute Gasteiger partial charge is 0.299 e. The lowest BCUT2D eigenvalue weighted by atomic mass is 10.2. The van der Waals surface area contributed by atoms with Gasteiger partial charge < -0.3 is 0 Å². The number of rotatable bonds is 6. The number of alkyl halides is 1. The molecule has 0 fully saturated rings. The summed E-state index contributed by atoms with van der Waals surface area (Å²) in [5.41, 5.74) is 1.06. The molecule has 0 unspecified atom stereocenters. The molecule has 0 radical (unpaired) electrons. The molecule has 0 aliphatic carbocycles. The molecule has 0 bridgehead atoms. The second-order valence-electron chi connectivity index (χ2n) is 3.66. The average Bonchev–Trinajstić information content (AvgIpc) is 2.29. The maximum Gasteiger partial charge on any atom is 0.141 e. The van der Waals surface area contributed by atoms with Crippen molar-refractivity contribution in [3.8, 4) is 0 Å². The summed E-state index contributed by atoms with van der Waals surface area (Å²) in [6, 6.07) is 4.92. The van der Waals surface area contributed by atoms with E-state index in [4.69, 9.17) is 11.6 Å². The second-order valence-corrected chi connectivity index (χ2v) is 4.86. The Morgan fingerprint density at radius 1 is 1.44 bits per heavy atom. The highest BCUT2D eigenvalue weighted by Gasteiger charge is 2.05. The lowest BCUT2D eigenvalue weighted by Crippen LogP contribution is -2.24. The molecule has 0 aliphatic rings. The first-order valence-electron chi connectivity index (χ1n) is 5.39. The van der Waals surface area contributed by atoms with E-state index in [1.54, 1.807) is 12.1 Å². The predicted octanol–water partition coefficient (Wildman–Crippen LogP) is 4.09. The van der Waals surface area contributed by atoms with Crippen molar-refractivity contribution in [3.05, 3.63) is 34.6 Å². The van der Waals surface area contributed by atoms with Gasteiger partial charge in [-0.05, 0) is 37.2 Å². The number of nitrogens with zero attached hydrogens (tertiary/aromatic N) is 1. The lowest BCUT2D eigenvalue weighted by molar-refractivity contribution is 0.281. The summed E-state index contributed by atoms with van der Waals surface area (Å²) in [5, 5.41) is 1.21. The quantitative estimate of drug-likeness (QED) is 0.716. The van der Waals surface area contributed by atoms with Gasteiger partial charge in [0.1, 0.15) is 5.82 Å². The molecule has 1 aromatic rings. The van der Waals surface area contributed by atoms with Gasteiger partial charge in [0.25, 0.3) is 0 Å². The molecule has 0 aliphatic heterocycles. The highest BCUT2D eigenvalue weighted by Crippen LogP contribution is 2.17. The van der Waals surface area contributed by atoms with E-state index in [0.29, 0.717) is 0 Å². The minimum atomic E-state index is -0.353. The SMILES string of the molecule is CCN(CCCBr)Cc1ccc(F)c(Cl)c1.